The van der Waals surface area contributed by atoms with Crippen molar-refractivity contribution in [2.45, 2.75) is 25.9 Å². The Bertz CT molecular complexity index is 613. The lowest BCUT2D eigenvalue weighted by atomic mass is 10.2. The van der Waals surface area contributed by atoms with Crippen molar-refractivity contribution in [1.29, 1.82) is 0 Å². The van der Waals surface area contributed by atoms with Gasteiger partial charge in [0, 0.05) is 30.0 Å². The molecule has 4 nitrogen and oxygen atoms in total. The summed E-state index contributed by atoms with van der Waals surface area (Å²) in [5.41, 5.74) is 2.40. The summed E-state index contributed by atoms with van der Waals surface area (Å²) < 4.78 is 2.25. The Morgan fingerprint density at radius 1 is 1.37 bits per heavy atom. The smallest absolute Gasteiger partial charge is 0.226 e. The van der Waals surface area contributed by atoms with E-state index in [4.69, 9.17) is 0 Å². The van der Waals surface area contributed by atoms with Crippen molar-refractivity contribution in [2.75, 3.05) is 6.54 Å². The van der Waals surface area contributed by atoms with Gasteiger partial charge in [-0.25, -0.2) is 4.98 Å². The van der Waals surface area contributed by atoms with Crippen molar-refractivity contribution < 1.29 is 4.79 Å². The number of fused-ring (bicyclic) bond motifs is 1. The van der Waals surface area contributed by atoms with Crippen LogP contribution in [0.15, 0.2) is 23.0 Å². The van der Waals surface area contributed by atoms with Crippen LogP contribution in [0.1, 0.15) is 18.7 Å². The van der Waals surface area contributed by atoms with Crippen LogP contribution >= 0.6 is 11.3 Å². The zero-order valence-electron chi connectivity index (χ0n) is 10.6. The zero-order valence-corrected chi connectivity index (χ0v) is 11.4. The molecule has 0 unspecified atom stereocenters. The van der Waals surface area contributed by atoms with E-state index < -0.39 is 0 Å². The maximum Gasteiger partial charge on any atom is 0.226 e. The summed E-state index contributed by atoms with van der Waals surface area (Å²) >= 11 is 1.70. The highest BCUT2D eigenvalue weighted by molar-refractivity contribution is 7.08. The van der Waals surface area contributed by atoms with Gasteiger partial charge in [0.2, 0.25) is 5.91 Å². The first kappa shape index (κ1) is 11.2. The lowest BCUT2D eigenvalue weighted by Gasteiger charge is -2.28. The molecule has 5 heteroatoms. The maximum atomic E-state index is 12.1. The molecule has 4 rings (SSSR count). The molecular weight excluding hydrogens is 258 g/mol. The molecule has 2 aromatic rings. The number of hydrogen-bond donors (Lipinski definition) is 0. The summed E-state index contributed by atoms with van der Waals surface area (Å²) in [5, 5.41) is 4.23. The van der Waals surface area contributed by atoms with E-state index in [-0.39, 0.29) is 0 Å². The monoisotopic (exact) mass is 273 g/mol. The van der Waals surface area contributed by atoms with Gasteiger partial charge in [-0.05, 0) is 24.3 Å². The van der Waals surface area contributed by atoms with E-state index in [1.165, 1.54) is 11.3 Å². The van der Waals surface area contributed by atoms with Gasteiger partial charge in [0.25, 0.3) is 0 Å². The van der Waals surface area contributed by atoms with Gasteiger partial charge in [0.1, 0.15) is 5.82 Å². The first-order valence-electron chi connectivity index (χ1n) is 6.68. The Morgan fingerprint density at radius 2 is 2.26 bits per heavy atom. The molecule has 1 aliphatic carbocycles. The fourth-order valence-corrected chi connectivity index (χ4v) is 3.33. The number of imidazole rings is 1. The molecule has 0 radical (unpaired) electrons. The molecule has 0 aromatic carbocycles. The second kappa shape index (κ2) is 4.20. The molecular formula is C14H15N3OS. The van der Waals surface area contributed by atoms with Gasteiger partial charge < -0.3 is 9.47 Å². The molecule has 2 aliphatic rings. The van der Waals surface area contributed by atoms with Gasteiger partial charge in [0.15, 0.2) is 0 Å². The van der Waals surface area contributed by atoms with Crippen molar-refractivity contribution in [2.24, 2.45) is 5.92 Å². The van der Waals surface area contributed by atoms with Crippen LogP contribution in [0.25, 0.3) is 11.3 Å². The van der Waals surface area contributed by atoms with Gasteiger partial charge in [-0.15, -0.1) is 0 Å². The molecule has 1 aliphatic heterocycles. The van der Waals surface area contributed by atoms with Crippen molar-refractivity contribution in [3.8, 4) is 11.3 Å². The molecule has 1 amide bonds. The topological polar surface area (TPSA) is 38.1 Å². The number of amides is 1. The number of thiophene rings is 1. The van der Waals surface area contributed by atoms with E-state index in [2.05, 4.69) is 26.4 Å². The largest absolute Gasteiger partial charge is 0.333 e. The number of aromatic nitrogens is 2. The van der Waals surface area contributed by atoms with Crippen molar-refractivity contribution >= 4 is 17.2 Å². The Labute approximate surface area is 115 Å². The van der Waals surface area contributed by atoms with E-state index in [0.29, 0.717) is 18.4 Å². The van der Waals surface area contributed by atoms with E-state index in [0.717, 1.165) is 31.8 Å². The Morgan fingerprint density at radius 3 is 3.00 bits per heavy atom. The minimum atomic E-state index is 0.304. The number of carbonyl (C=O) groups is 1. The first-order valence-corrected chi connectivity index (χ1v) is 7.63. The molecule has 19 heavy (non-hydrogen) atoms. The normalized spacial score (nSPS) is 18.4. The van der Waals surface area contributed by atoms with Crippen LogP contribution in [0, 0.1) is 5.92 Å². The molecule has 98 valence electrons. The van der Waals surface area contributed by atoms with Crippen LogP contribution < -0.4 is 0 Å². The van der Waals surface area contributed by atoms with Crippen molar-refractivity contribution in [3.63, 3.8) is 0 Å². The van der Waals surface area contributed by atoms with Crippen LogP contribution in [0.2, 0.25) is 0 Å². The number of rotatable bonds is 2. The van der Waals surface area contributed by atoms with Gasteiger partial charge in [-0.3, -0.25) is 4.79 Å². The maximum absolute atomic E-state index is 12.1. The second-order valence-electron chi connectivity index (χ2n) is 5.26. The summed E-state index contributed by atoms with van der Waals surface area (Å²) in [5.74, 6) is 1.64. The fraction of sp³-hybridized carbons (Fsp3) is 0.429. The molecule has 0 N–H and O–H groups in total. The molecule has 1 saturated carbocycles. The van der Waals surface area contributed by atoms with Gasteiger partial charge in [0.05, 0.1) is 18.4 Å². The van der Waals surface area contributed by atoms with Crippen molar-refractivity contribution in [1.82, 2.24) is 14.5 Å². The molecule has 2 aromatic heterocycles. The van der Waals surface area contributed by atoms with Gasteiger partial charge in [-0.2, -0.15) is 11.3 Å². The summed E-state index contributed by atoms with van der Waals surface area (Å²) in [6.45, 7) is 2.34. The van der Waals surface area contributed by atoms with E-state index in [1.54, 1.807) is 11.3 Å². The van der Waals surface area contributed by atoms with Gasteiger partial charge >= 0.3 is 0 Å². The third-order valence-corrected chi connectivity index (χ3v) is 4.60. The minimum Gasteiger partial charge on any atom is -0.333 e. The van der Waals surface area contributed by atoms with Crippen LogP contribution in [0.3, 0.4) is 0 Å². The SMILES string of the molecule is O=C(C1CC1)N1CCn2c(-c3ccsc3)cnc2C1. The average Bonchev–Trinajstić information content (AvgIpc) is 2.99. The molecule has 0 spiro atoms. The minimum absolute atomic E-state index is 0.304. The zero-order chi connectivity index (χ0) is 12.8. The molecule has 0 saturated heterocycles. The second-order valence-corrected chi connectivity index (χ2v) is 6.04. The standard InChI is InChI=1S/C14H15N3OS/c18-14(10-1-2-10)16-4-5-17-12(7-15-13(17)8-16)11-3-6-19-9-11/h3,6-7,9-10H,1-2,4-5,8H2. The van der Waals surface area contributed by atoms with E-state index >= 15 is 0 Å². The lowest BCUT2D eigenvalue weighted by molar-refractivity contribution is -0.134. The highest BCUT2D eigenvalue weighted by Crippen LogP contribution is 2.33. The molecule has 0 bridgehead atoms. The number of carbonyl (C=O) groups excluding carboxylic acids is 1. The van der Waals surface area contributed by atoms with Crippen molar-refractivity contribution in [3.05, 3.63) is 28.8 Å². The predicted molar refractivity (Wildman–Crippen MR) is 73.7 cm³/mol. The highest BCUT2D eigenvalue weighted by Gasteiger charge is 2.35. The van der Waals surface area contributed by atoms with E-state index in [1.807, 2.05) is 11.1 Å². The summed E-state index contributed by atoms with van der Waals surface area (Å²) in [6.07, 6.45) is 4.08. The predicted octanol–water partition coefficient (Wildman–Crippen LogP) is 2.36. The summed E-state index contributed by atoms with van der Waals surface area (Å²) in [7, 11) is 0. The van der Waals surface area contributed by atoms with Gasteiger partial charge in [-0.1, -0.05) is 0 Å². The highest BCUT2D eigenvalue weighted by atomic mass is 32.1. The molecule has 3 heterocycles. The Kier molecular flexibility index (Phi) is 2.48. The lowest BCUT2D eigenvalue weighted by Crippen LogP contribution is -2.39. The third-order valence-electron chi connectivity index (χ3n) is 3.92. The molecule has 0 atom stereocenters. The summed E-state index contributed by atoms with van der Waals surface area (Å²) in [4.78, 5) is 18.6. The van der Waals surface area contributed by atoms with Crippen LogP contribution in [0.5, 0.6) is 0 Å². The quantitative estimate of drug-likeness (QED) is 0.842. The fourth-order valence-electron chi connectivity index (χ4n) is 2.68. The van der Waals surface area contributed by atoms with Crippen LogP contribution in [-0.2, 0) is 17.9 Å². The first-order chi connectivity index (χ1) is 9.33. The third kappa shape index (κ3) is 1.89. The Balaban J connectivity index is 1.61. The van der Waals surface area contributed by atoms with Crippen LogP contribution in [0.4, 0.5) is 0 Å². The molecule has 1 fully saturated rings. The summed E-state index contributed by atoms with van der Waals surface area (Å²) in [6, 6.07) is 2.12. The van der Waals surface area contributed by atoms with E-state index in [9.17, 15) is 4.79 Å². The Hall–Kier alpha value is -1.62. The number of hydrogen-bond acceptors (Lipinski definition) is 3. The van der Waals surface area contributed by atoms with Crippen LogP contribution in [-0.4, -0.2) is 26.9 Å². The number of nitrogens with zero attached hydrogens (tertiary/aromatic N) is 3. The average molecular weight is 273 g/mol.